The van der Waals surface area contributed by atoms with Crippen LogP contribution in [-0.2, 0) is 11.3 Å². The van der Waals surface area contributed by atoms with Crippen LogP contribution in [0.1, 0.15) is 44.4 Å². The second kappa shape index (κ2) is 8.14. The van der Waals surface area contributed by atoms with Gasteiger partial charge in [-0.15, -0.1) is 0 Å². The summed E-state index contributed by atoms with van der Waals surface area (Å²) in [5, 5.41) is 10.5. The Kier molecular flexibility index (Phi) is 6.17. The Bertz CT molecular complexity index is 715. The van der Waals surface area contributed by atoms with Crippen LogP contribution < -0.4 is 10.6 Å². The first-order valence-corrected chi connectivity index (χ1v) is 8.70. The van der Waals surface area contributed by atoms with E-state index < -0.39 is 0 Å². The van der Waals surface area contributed by atoms with Gasteiger partial charge in [-0.2, -0.15) is 5.10 Å². The average molecular weight is 343 g/mol. The third kappa shape index (κ3) is 6.57. The summed E-state index contributed by atoms with van der Waals surface area (Å²) in [6.45, 7) is 12.0. The number of aryl methyl sites for hydroxylation is 2. The summed E-state index contributed by atoms with van der Waals surface area (Å²) >= 11 is 0. The molecule has 0 atom stereocenters. The zero-order chi connectivity index (χ0) is 18.4. The summed E-state index contributed by atoms with van der Waals surface area (Å²) < 4.78 is 1.88. The molecule has 0 saturated heterocycles. The summed E-state index contributed by atoms with van der Waals surface area (Å²) in [4.78, 5) is 16.2. The summed E-state index contributed by atoms with van der Waals surface area (Å²) in [5.41, 5.74) is 2.27. The number of carbonyl (C=O) groups is 1. The van der Waals surface area contributed by atoms with E-state index in [1.165, 1.54) is 0 Å². The molecule has 0 fully saturated rings. The zero-order valence-corrected chi connectivity index (χ0v) is 15.9. The van der Waals surface area contributed by atoms with Gasteiger partial charge in [0, 0.05) is 12.2 Å². The molecule has 0 radical (unpaired) electrons. The van der Waals surface area contributed by atoms with Crippen molar-refractivity contribution in [3.05, 3.63) is 41.5 Å². The van der Waals surface area contributed by atoms with E-state index in [1.54, 1.807) is 0 Å². The van der Waals surface area contributed by atoms with Crippen LogP contribution in [0.25, 0.3) is 0 Å². The van der Waals surface area contributed by atoms with Gasteiger partial charge in [-0.25, -0.2) is 9.67 Å². The maximum absolute atomic E-state index is 11.9. The molecule has 0 aliphatic rings. The number of nitrogens with zero attached hydrogens (tertiary/aromatic N) is 3. The fourth-order valence-electron chi connectivity index (χ4n) is 2.49. The first kappa shape index (κ1) is 19.0. The number of hydrogen-bond acceptors (Lipinski definition) is 4. The Morgan fingerprint density at radius 3 is 2.64 bits per heavy atom. The SMILES string of the molecule is Cc1nc(C)n(Cc2cccc(NCC(=O)NCCC(C)(C)C)c2)n1. The van der Waals surface area contributed by atoms with Gasteiger partial charge in [-0.05, 0) is 43.4 Å². The van der Waals surface area contributed by atoms with Gasteiger partial charge in [0.15, 0.2) is 0 Å². The lowest BCUT2D eigenvalue weighted by atomic mass is 9.92. The summed E-state index contributed by atoms with van der Waals surface area (Å²) in [7, 11) is 0. The van der Waals surface area contributed by atoms with Gasteiger partial charge in [-0.1, -0.05) is 32.9 Å². The number of rotatable bonds is 7. The van der Waals surface area contributed by atoms with Crippen molar-refractivity contribution >= 4 is 11.6 Å². The minimum absolute atomic E-state index is 0.0115. The lowest BCUT2D eigenvalue weighted by Crippen LogP contribution is -2.32. The van der Waals surface area contributed by atoms with Crippen LogP contribution in [0.5, 0.6) is 0 Å². The average Bonchev–Trinajstić information content (AvgIpc) is 2.82. The molecule has 6 nitrogen and oxygen atoms in total. The van der Waals surface area contributed by atoms with Crippen LogP contribution in [0.2, 0.25) is 0 Å². The maximum atomic E-state index is 11.9. The topological polar surface area (TPSA) is 71.8 Å². The number of amides is 1. The fourth-order valence-corrected chi connectivity index (χ4v) is 2.49. The molecule has 1 heterocycles. The van der Waals surface area contributed by atoms with Gasteiger partial charge in [0.25, 0.3) is 0 Å². The molecule has 1 amide bonds. The van der Waals surface area contributed by atoms with Crippen LogP contribution >= 0.6 is 0 Å². The van der Waals surface area contributed by atoms with Gasteiger partial charge in [0.2, 0.25) is 5.91 Å². The largest absolute Gasteiger partial charge is 0.376 e. The zero-order valence-electron chi connectivity index (χ0n) is 15.9. The normalized spacial score (nSPS) is 11.4. The summed E-state index contributed by atoms with van der Waals surface area (Å²) in [6, 6.07) is 8.03. The molecular formula is C19H29N5O. The Hall–Kier alpha value is -2.37. The van der Waals surface area contributed by atoms with Gasteiger partial charge in [0.05, 0.1) is 13.1 Å². The molecule has 0 saturated carbocycles. The molecule has 0 spiro atoms. The Balaban J connectivity index is 1.85. The first-order valence-electron chi connectivity index (χ1n) is 8.70. The smallest absolute Gasteiger partial charge is 0.239 e. The number of hydrogen-bond donors (Lipinski definition) is 2. The van der Waals surface area contributed by atoms with E-state index in [4.69, 9.17) is 0 Å². The monoisotopic (exact) mass is 343 g/mol. The highest BCUT2D eigenvalue weighted by atomic mass is 16.1. The van der Waals surface area contributed by atoms with E-state index in [9.17, 15) is 4.79 Å². The highest BCUT2D eigenvalue weighted by Gasteiger charge is 2.10. The third-order valence-corrected chi connectivity index (χ3v) is 3.87. The van der Waals surface area contributed by atoms with Gasteiger partial charge in [0.1, 0.15) is 11.6 Å². The van der Waals surface area contributed by atoms with Crippen molar-refractivity contribution in [3.63, 3.8) is 0 Å². The van der Waals surface area contributed by atoms with E-state index in [0.29, 0.717) is 13.1 Å². The van der Waals surface area contributed by atoms with Crippen molar-refractivity contribution in [1.82, 2.24) is 20.1 Å². The van der Waals surface area contributed by atoms with Crippen LogP contribution in [0, 0.1) is 19.3 Å². The summed E-state index contributed by atoms with van der Waals surface area (Å²) in [5.74, 6) is 1.69. The molecule has 136 valence electrons. The quantitative estimate of drug-likeness (QED) is 0.811. The molecular weight excluding hydrogens is 314 g/mol. The van der Waals surface area contributed by atoms with E-state index in [2.05, 4.69) is 41.5 Å². The Labute approximate surface area is 150 Å². The molecule has 25 heavy (non-hydrogen) atoms. The second-order valence-electron chi connectivity index (χ2n) is 7.58. The molecule has 1 aromatic carbocycles. The van der Waals surface area contributed by atoms with Crippen molar-refractivity contribution in [1.29, 1.82) is 0 Å². The van der Waals surface area contributed by atoms with Crippen LogP contribution in [-0.4, -0.2) is 33.8 Å². The van der Waals surface area contributed by atoms with Crippen LogP contribution in [0.4, 0.5) is 5.69 Å². The third-order valence-electron chi connectivity index (χ3n) is 3.87. The fraction of sp³-hybridized carbons (Fsp3) is 0.526. The molecule has 0 aliphatic carbocycles. The molecule has 0 aliphatic heterocycles. The standard InChI is InChI=1S/C19H29N5O/c1-14-22-15(2)24(23-14)13-16-7-6-8-17(11-16)21-12-18(25)20-10-9-19(3,4)5/h6-8,11,21H,9-10,12-13H2,1-5H3,(H,20,25). The number of nitrogens with one attached hydrogen (secondary N) is 2. The van der Waals surface area contributed by atoms with Crippen molar-refractivity contribution in [2.75, 3.05) is 18.4 Å². The first-order chi connectivity index (χ1) is 11.7. The molecule has 2 N–H and O–H groups in total. The molecule has 6 heteroatoms. The molecule has 0 unspecified atom stereocenters. The molecule has 2 rings (SSSR count). The van der Waals surface area contributed by atoms with Crippen molar-refractivity contribution in [2.24, 2.45) is 5.41 Å². The number of carbonyl (C=O) groups excluding carboxylic acids is 1. The number of benzene rings is 1. The highest BCUT2D eigenvalue weighted by Crippen LogP contribution is 2.17. The minimum atomic E-state index is 0.0115. The van der Waals surface area contributed by atoms with E-state index in [1.807, 2.05) is 42.8 Å². The lowest BCUT2D eigenvalue weighted by molar-refractivity contribution is -0.119. The molecule has 2 aromatic rings. The predicted molar refractivity (Wildman–Crippen MR) is 101 cm³/mol. The van der Waals surface area contributed by atoms with Crippen LogP contribution in [0.3, 0.4) is 0 Å². The van der Waals surface area contributed by atoms with Crippen molar-refractivity contribution in [3.8, 4) is 0 Å². The maximum Gasteiger partial charge on any atom is 0.239 e. The van der Waals surface area contributed by atoms with Gasteiger partial charge in [-0.3, -0.25) is 4.79 Å². The van der Waals surface area contributed by atoms with E-state index >= 15 is 0 Å². The molecule has 1 aromatic heterocycles. The summed E-state index contributed by atoms with van der Waals surface area (Å²) in [6.07, 6.45) is 0.963. The molecule has 0 bridgehead atoms. The van der Waals surface area contributed by atoms with Crippen LogP contribution in [0.15, 0.2) is 24.3 Å². The Morgan fingerprint density at radius 2 is 2.00 bits per heavy atom. The van der Waals surface area contributed by atoms with E-state index in [-0.39, 0.29) is 17.9 Å². The predicted octanol–water partition coefficient (Wildman–Crippen LogP) is 2.91. The minimum Gasteiger partial charge on any atom is -0.376 e. The number of anilines is 1. The second-order valence-corrected chi connectivity index (χ2v) is 7.58. The highest BCUT2D eigenvalue weighted by molar-refractivity contribution is 5.80. The number of aromatic nitrogens is 3. The van der Waals surface area contributed by atoms with Gasteiger partial charge >= 0.3 is 0 Å². The van der Waals surface area contributed by atoms with Crippen molar-refractivity contribution < 1.29 is 4.79 Å². The van der Waals surface area contributed by atoms with E-state index in [0.717, 1.165) is 29.3 Å². The van der Waals surface area contributed by atoms with Gasteiger partial charge < -0.3 is 10.6 Å². The van der Waals surface area contributed by atoms with Crippen molar-refractivity contribution in [2.45, 2.75) is 47.6 Å². The Morgan fingerprint density at radius 1 is 1.24 bits per heavy atom. The lowest BCUT2D eigenvalue weighted by Gasteiger charge is -2.18.